The Morgan fingerprint density at radius 3 is 2.18 bits per heavy atom. The molecule has 1 aliphatic heterocycles. The summed E-state index contributed by atoms with van der Waals surface area (Å²) in [7, 11) is 1.85. The molecular weight excluding hydrogens is 478 g/mol. The topological polar surface area (TPSA) is 86.8 Å². The van der Waals surface area contributed by atoms with Crippen molar-refractivity contribution in [1.82, 2.24) is 9.88 Å². The quantitative estimate of drug-likeness (QED) is 0.327. The molecule has 8 nitrogen and oxygen atoms in total. The summed E-state index contributed by atoms with van der Waals surface area (Å²) in [4.78, 5) is 33.4. The predicted octanol–water partition coefficient (Wildman–Crippen LogP) is 5.87. The molecule has 1 unspecified atom stereocenters. The zero-order valence-corrected chi connectivity index (χ0v) is 21.1. The molecule has 0 saturated carbocycles. The predicted molar refractivity (Wildman–Crippen MR) is 149 cm³/mol. The Bertz CT molecular complexity index is 1360. The molecule has 3 aromatic carbocycles. The van der Waals surface area contributed by atoms with Crippen LogP contribution in [0.15, 0.2) is 103 Å². The number of urea groups is 1. The Balaban J connectivity index is 1.11. The molecule has 3 amide bonds. The summed E-state index contributed by atoms with van der Waals surface area (Å²) in [5, 5.41) is 5.70. The largest absolute Gasteiger partial charge is 0.457 e. The summed E-state index contributed by atoms with van der Waals surface area (Å²) in [6.07, 6.45) is 4.15. The van der Waals surface area contributed by atoms with Crippen LogP contribution in [-0.2, 0) is 0 Å². The summed E-state index contributed by atoms with van der Waals surface area (Å²) in [5.41, 5.74) is 3.00. The molecule has 1 saturated heterocycles. The number of hydrogen-bond acceptors (Lipinski definition) is 5. The van der Waals surface area contributed by atoms with Crippen LogP contribution in [0.25, 0.3) is 0 Å². The molecule has 192 valence electrons. The fraction of sp³-hybridized carbons (Fsp3) is 0.167. The Morgan fingerprint density at radius 1 is 0.868 bits per heavy atom. The summed E-state index contributed by atoms with van der Waals surface area (Å²) in [6, 6.07) is 27.8. The smallest absolute Gasteiger partial charge is 0.323 e. The summed E-state index contributed by atoms with van der Waals surface area (Å²) < 4.78 is 5.78. The van der Waals surface area contributed by atoms with E-state index in [1.54, 1.807) is 41.6 Å². The first-order chi connectivity index (χ1) is 18.5. The maximum atomic E-state index is 12.8. The molecule has 1 aliphatic rings. The number of amides is 3. The van der Waals surface area contributed by atoms with E-state index in [0.717, 1.165) is 30.9 Å². The van der Waals surface area contributed by atoms with Gasteiger partial charge in [0.2, 0.25) is 0 Å². The molecule has 0 bridgehead atoms. The van der Waals surface area contributed by atoms with Crippen LogP contribution < -0.4 is 20.3 Å². The van der Waals surface area contributed by atoms with E-state index in [4.69, 9.17) is 4.74 Å². The number of aromatic nitrogens is 1. The van der Waals surface area contributed by atoms with Crippen LogP contribution in [0.3, 0.4) is 0 Å². The molecule has 1 fully saturated rings. The van der Waals surface area contributed by atoms with Gasteiger partial charge in [0.05, 0.1) is 11.6 Å². The zero-order valence-electron chi connectivity index (χ0n) is 21.1. The lowest BCUT2D eigenvalue weighted by atomic mass is 10.2. The van der Waals surface area contributed by atoms with E-state index in [-0.39, 0.29) is 18.0 Å². The average molecular weight is 508 g/mol. The van der Waals surface area contributed by atoms with Crippen LogP contribution in [-0.4, -0.2) is 48.0 Å². The van der Waals surface area contributed by atoms with Gasteiger partial charge in [-0.25, -0.2) is 4.79 Å². The summed E-state index contributed by atoms with van der Waals surface area (Å²) >= 11 is 0. The molecule has 1 aromatic heterocycles. The van der Waals surface area contributed by atoms with Gasteiger partial charge in [-0.3, -0.25) is 9.78 Å². The first-order valence-electron chi connectivity index (χ1n) is 12.5. The van der Waals surface area contributed by atoms with E-state index in [1.165, 1.54) is 0 Å². The van der Waals surface area contributed by atoms with Crippen molar-refractivity contribution in [3.05, 3.63) is 109 Å². The van der Waals surface area contributed by atoms with E-state index in [2.05, 4.69) is 20.5 Å². The van der Waals surface area contributed by atoms with Gasteiger partial charge < -0.3 is 25.2 Å². The highest BCUT2D eigenvalue weighted by Gasteiger charge is 2.29. The molecule has 5 rings (SSSR count). The fourth-order valence-corrected chi connectivity index (χ4v) is 4.43. The van der Waals surface area contributed by atoms with Gasteiger partial charge in [0.1, 0.15) is 11.5 Å². The summed E-state index contributed by atoms with van der Waals surface area (Å²) in [6.45, 7) is 1.60. The highest BCUT2D eigenvalue weighted by atomic mass is 16.5. The molecule has 38 heavy (non-hydrogen) atoms. The number of carbonyl (C=O) groups is 2. The van der Waals surface area contributed by atoms with Crippen LogP contribution in [0.2, 0.25) is 0 Å². The SMILES string of the molecule is CN(C(=O)c1cccnc1)C1CCN(c2ccc(NC(=O)Nc3ccc(Oc4ccccc4)cc3)cc2)C1. The van der Waals surface area contributed by atoms with Crippen molar-refractivity contribution in [1.29, 1.82) is 0 Å². The standard InChI is InChI=1S/C30H29N5O3/c1-34(29(36)22-6-5-18-31-20-22)26-17-19-35(21-26)25-13-9-23(10-14-25)32-30(37)33-24-11-15-28(16-12-24)38-27-7-3-2-4-8-27/h2-16,18,20,26H,17,19,21H2,1H3,(H2,32,33,37). The molecule has 2 heterocycles. The maximum Gasteiger partial charge on any atom is 0.323 e. The van der Waals surface area contributed by atoms with Crippen LogP contribution >= 0.6 is 0 Å². The van der Waals surface area contributed by atoms with E-state index in [0.29, 0.717) is 22.7 Å². The van der Waals surface area contributed by atoms with Gasteiger partial charge in [0.15, 0.2) is 0 Å². The van der Waals surface area contributed by atoms with Crippen molar-refractivity contribution in [2.24, 2.45) is 0 Å². The van der Waals surface area contributed by atoms with Crippen LogP contribution in [0.4, 0.5) is 21.9 Å². The third-order valence-corrected chi connectivity index (χ3v) is 6.52. The van der Waals surface area contributed by atoms with Gasteiger partial charge in [-0.05, 0) is 79.2 Å². The number of para-hydroxylation sites is 1. The summed E-state index contributed by atoms with van der Waals surface area (Å²) in [5.74, 6) is 1.42. The highest BCUT2D eigenvalue weighted by molar-refractivity contribution is 5.99. The number of likely N-dealkylation sites (N-methyl/N-ethyl adjacent to an activating group) is 1. The van der Waals surface area contributed by atoms with Crippen molar-refractivity contribution in [3.8, 4) is 11.5 Å². The number of pyridine rings is 1. The number of hydrogen-bond donors (Lipinski definition) is 2. The molecule has 4 aromatic rings. The molecular formula is C30H29N5O3. The van der Waals surface area contributed by atoms with Crippen molar-refractivity contribution in [3.63, 3.8) is 0 Å². The molecule has 8 heteroatoms. The second-order valence-corrected chi connectivity index (χ2v) is 9.11. The van der Waals surface area contributed by atoms with Gasteiger partial charge in [-0.15, -0.1) is 0 Å². The van der Waals surface area contributed by atoms with Crippen molar-refractivity contribution < 1.29 is 14.3 Å². The Kier molecular flexibility index (Phi) is 7.49. The van der Waals surface area contributed by atoms with E-state index in [9.17, 15) is 9.59 Å². The second kappa shape index (κ2) is 11.5. The minimum Gasteiger partial charge on any atom is -0.457 e. The molecule has 0 aliphatic carbocycles. The lowest BCUT2D eigenvalue weighted by molar-refractivity contribution is 0.0744. The third-order valence-electron chi connectivity index (χ3n) is 6.52. The van der Waals surface area contributed by atoms with E-state index in [1.807, 2.05) is 73.8 Å². The van der Waals surface area contributed by atoms with Gasteiger partial charge in [-0.1, -0.05) is 18.2 Å². The minimum absolute atomic E-state index is 0.0196. The molecule has 0 spiro atoms. The van der Waals surface area contributed by atoms with Crippen molar-refractivity contribution >= 4 is 29.0 Å². The first-order valence-corrected chi connectivity index (χ1v) is 12.5. The lowest BCUT2D eigenvalue weighted by Gasteiger charge is -2.25. The number of nitrogens with one attached hydrogen (secondary N) is 2. The molecule has 0 radical (unpaired) electrons. The number of rotatable bonds is 7. The number of benzene rings is 3. The minimum atomic E-state index is -0.328. The number of anilines is 3. The maximum absolute atomic E-state index is 12.8. The number of nitrogens with zero attached hydrogens (tertiary/aromatic N) is 3. The monoisotopic (exact) mass is 507 g/mol. The van der Waals surface area contributed by atoms with Crippen LogP contribution in [0, 0.1) is 0 Å². The normalized spacial score (nSPS) is 14.6. The van der Waals surface area contributed by atoms with Gasteiger partial charge >= 0.3 is 6.03 Å². The van der Waals surface area contributed by atoms with E-state index >= 15 is 0 Å². The fourth-order valence-electron chi connectivity index (χ4n) is 4.43. The van der Waals surface area contributed by atoms with Crippen molar-refractivity contribution in [2.75, 3.05) is 35.7 Å². The Morgan fingerprint density at radius 2 is 1.53 bits per heavy atom. The number of carbonyl (C=O) groups excluding carboxylic acids is 2. The third kappa shape index (κ3) is 6.10. The second-order valence-electron chi connectivity index (χ2n) is 9.11. The molecule has 2 N–H and O–H groups in total. The lowest BCUT2D eigenvalue weighted by Crippen LogP contribution is -2.39. The van der Waals surface area contributed by atoms with Gasteiger partial charge in [-0.2, -0.15) is 0 Å². The number of ether oxygens (including phenoxy) is 1. The van der Waals surface area contributed by atoms with Crippen LogP contribution in [0.1, 0.15) is 16.8 Å². The Labute approximate surface area is 221 Å². The molecule has 1 atom stereocenters. The van der Waals surface area contributed by atoms with Crippen LogP contribution in [0.5, 0.6) is 11.5 Å². The van der Waals surface area contributed by atoms with Gasteiger partial charge in [0.25, 0.3) is 5.91 Å². The zero-order chi connectivity index (χ0) is 26.3. The van der Waals surface area contributed by atoms with Crippen molar-refractivity contribution in [2.45, 2.75) is 12.5 Å². The average Bonchev–Trinajstić information content (AvgIpc) is 3.45. The Hall–Kier alpha value is -4.85. The highest BCUT2D eigenvalue weighted by Crippen LogP contribution is 2.26. The first kappa shape index (κ1) is 24.8. The van der Waals surface area contributed by atoms with Gasteiger partial charge in [0, 0.05) is 49.6 Å². The van der Waals surface area contributed by atoms with E-state index < -0.39 is 0 Å².